The van der Waals surface area contributed by atoms with Gasteiger partial charge in [-0.05, 0) is 55.7 Å². The first kappa shape index (κ1) is 22.2. The molecule has 0 aliphatic carbocycles. The largest absolute Gasteiger partial charge is 0.488 e. The van der Waals surface area contributed by atoms with Crippen molar-refractivity contribution in [1.82, 2.24) is 0 Å². The number of nitrogens with zero attached hydrogens (tertiary/aromatic N) is 1. The molecule has 0 radical (unpaired) electrons. The van der Waals surface area contributed by atoms with Crippen LogP contribution in [-0.4, -0.2) is 25.2 Å². The van der Waals surface area contributed by atoms with E-state index in [1.165, 1.54) is 22.4 Å². The van der Waals surface area contributed by atoms with Gasteiger partial charge < -0.3 is 14.4 Å². The zero-order chi connectivity index (χ0) is 21.5. The number of carbonyl (C=O) groups excluding carboxylic acids is 1. The second-order valence-electron chi connectivity index (χ2n) is 7.79. The van der Waals surface area contributed by atoms with Crippen LogP contribution in [0.25, 0.3) is 0 Å². The molecule has 0 saturated carbocycles. The minimum absolute atomic E-state index is 0.106. The van der Waals surface area contributed by atoms with Gasteiger partial charge in [0.1, 0.15) is 18.4 Å². The molecule has 0 bridgehead atoms. The number of hydrogen-bond acceptors (Lipinski definition) is 4. The molecular formula is C26H35NO3. The van der Waals surface area contributed by atoms with E-state index in [2.05, 4.69) is 43.9 Å². The maximum Gasteiger partial charge on any atom is 0.328 e. The van der Waals surface area contributed by atoms with E-state index in [4.69, 9.17) is 9.47 Å². The van der Waals surface area contributed by atoms with Gasteiger partial charge in [0.15, 0.2) is 0 Å². The standard InChI is InChI=1S/C26H35NO3/c1-5-20-17-21(6-2)25(30-18-19-13-10-9-11-14-19)22(7-3)24(20)27-16-12-15-23(27)26(28)29-8-4/h9-11,13-14,17,23H,5-8,12,15-16,18H2,1-4H3/t23-/m0/s1. The topological polar surface area (TPSA) is 38.8 Å². The summed E-state index contributed by atoms with van der Waals surface area (Å²) in [6.45, 7) is 10.3. The van der Waals surface area contributed by atoms with E-state index >= 15 is 0 Å². The van der Waals surface area contributed by atoms with E-state index in [-0.39, 0.29) is 12.0 Å². The van der Waals surface area contributed by atoms with Crippen molar-refractivity contribution >= 4 is 11.7 Å². The predicted molar refractivity (Wildman–Crippen MR) is 122 cm³/mol. The summed E-state index contributed by atoms with van der Waals surface area (Å²) in [5.41, 5.74) is 6.12. The molecule has 1 atom stereocenters. The Hall–Kier alpha value is -2.49. The molecule has 4 heteroatoms. The van der Waals surface area contributed by atoms with Crippen LogP contribution in [0.1, 0.15) is 62.8 Å². The van der Waals surface area contributed by atoms with Gasteiger partial charge in [-0.25, -0.2) is 4.79 Å². The Labute approximate surface area is 181 Å². The maximum absolute atomic E-state index is 12.7. The predicted octanol–water partition coefficient (Wildman–Crippen LogP) is 5.48. The molecule has 1 aliphatic rings. The van der Waals surface area contributed by atoms with E-state index < -0.39 is 0 Å². The van der Waals surface area contributed by atoms with E-state index in [1.807, 2.05) is 25.1 Å². The second-order valence-corrected chi connectivity index (χ2v) is 7.79. The number of benzene rings is 2. The third-order valence-corrected chi connectivity index (χ3v) is 5.94. The summed E-state index contributed by atoms with van der Waals surface area (Å²) in [6.07, 6.45) is 4.57. The lowest BCUT2D eigenvalue weighted by Gasteiger charge is -2.31. The second kappa shape index (κ2) is 10.5. The zero-order valence-corrected chi connectivity index (χ0v) is 18.9. The number of anilines is 1. The smallest absolute Gasteiger partial charge is 0.328 e. The first-order chi connectivity index (χ1) is 14.6. The van der Waals surface area contributed by atoms with Crippen LogP contribution < -0.4 is 9.64 Å². The monoisotopic (exact) mass is 409 g/mol. The van der Waals surface area contributed by atoms with Gasteiger partial charge in [-0.3, -0.25) is 0 Å². The molecule has 0 amide bonds. The zero-order valence-electron chi connectivity index (χ0n) is 18.9. The number of esters is 1. The SMILES string of the molecule is CCOC(=O)[C@@H]1CCCN1c1c(CC)cc(CC)c(OCc2ccccc2)c1CC. The lowest BCUT2D eigenvalue weighted by Crippen LogP contribution is -2.38. The molecule has 30 heavy (non-hydrogen) atoms. The third kappa shape index (κ3) is 4.63. The van der Waals surface area contributed by atoms with Crippen LogP contribution in [0.5, 0.6) is 5.75 Å². The summed E-state index contributed by atoms with van der Waals surface area (Å²) in [7, 11) is 0. The van der Waals surface area contributed by atoms with Gasteiger partial charge in [0, 0.05) is 17.8 Å². The van der Waals surface area contributed by atoms with Crippen LogP contribution in [0.4, 0.5) is 5.69 Å². The number of rotatable bonds is 9. The van der Waals surface area contributed by atoms with Crippen LogP contribution in [-0.2, 0) is 35.4 Å². The first-order valence-electron chi connectivity index (χ1n) is 11.4. The van der Waals surface area contributed by atoms with Crippen molar-refractivity contribution in [2.24, 2.45) is 0 Å². The molecule has 3 rings (SSSR count). The molecule has 2 aromatic carbocycles. The summed E-state index contributed by atoms with van der Waals surface area (Å²) in [6, 6.07) is 12.4. The van der Waals surface area contributed by atoms with Crippen LogP contribution in [0, 0.1) is 0 Å². The Morgan fingerprint density at radius 3 is 2.40 bits per heavy atom. The molecule has 0 aromatic heterocycles. The molecule has 1 heterocycles. The molecule has 0 N–H and O–H groups in total. The Balaban J connectivity index is 2.04. The van der Waals surface area contributed by atoms with Gasteiger partial charge >= 0.3 is 5.97 Å². The average molecular weight is 410 g/mol. The highest BCUT2D eigenvalue weighted by atomic mass is 16.5. The van der Waals surface area contributed by atoms with Crippen LogP contribution >= 0.6 is 0 Å². The molecular weight excluding hydrogens is 374 g/mol. The number of ether oxygens (including phenoxy) is 2. The summed E-state index contributed by atoms with van der Waals surface area (Å²) >= 11 is 0. The van der Waals surface area contributed by atoms with Crippen LogP contribution in [0.3, 0.4) is 0 Å². The highest BCUT2D eigenvalue weighted by Crippen LogP contribution is 2.41. The lowest BCUT2D eigenvalue weighted by molar-refractivity contribution is -0.144. The Morgan fingerprint density at radius 1 is 1.03 bits per heavy atom. The quantitative estimate of drug-likeness (QED) is 0.514. The summed E-state index contributed by atoms with van der Waals surface area (Å²) in [5, 5.41) is 0. The highest BCUT2D eigenvalue weighted by molar-refractivity contribution is 5.83. The van der Waals surface area contributed by atoms with E-state index in [0.29, 0.717) is 13.2 Å². The van der Waals surface area contributed by atoms with Crippen molar-refractivity contribution in [1.29, 1.82) is 0 Å². The molecule has 1 aliphatic heterocycles. The van der Waals surface area contributed by atoms with E-state index in [1.54, 1.807) is 0 Å². The number of carbonyl (C=O) groups is 1. The molecule has 0 unspecified atom stereocenters. The fourth-order valence-electron chi connectivity index (χ4n) is 4.48. The minimum Gasteiger partial charge on any atom is -0.488 e. The third-order valence-electron chi connectivity index (χ3n) is 5.94. The Morgan fingerprint density at radius 2 is 1.77 bits per heavy atom. The van der Waals surface area contributed by atoms with Gasteiger partial charge in [0.05, 0.1) is 6.61 Å². The highest BCUT2D eigenvalue weighted by Gasteiger charge is 2.35. The average Bonchev–Trinajstić information content (AvgIpc) is 3.27. The maximum atomic E-state index is 12.7. The molecule has 162 valence electrons. The summed E-state index contributed by atoms with van der Waals surface area (Å²) in [4.78, 5) is 14.9. The van der Waals surface area contributed by atoms with E-state index in [0.717, 1.165) is 50.0 Å². The van der Waals surface area contributed by atoms with Crippen molar-refractivity contribution in [2.45, 2.75) is 72.4 Å². The van der Waals surface area contributed by atoms with Crippen LogP contribution in [0.15, 0.2) is 36.4 Å². The Bertz CT molecular complexity index is 847. The molecule has 4 nitrogen and oxygen atoms in total. The van der Waals surface area contributed by atoms with Crippen molar-refractivity contribution in [3.05, 3.63) is 58.7 Å². The van der Waals surface area contributed by atoms with Gasteiger partial charge in [0.25, 0.3) is 0 Å². The first-order valence-corrected chi connectivity index (χ1v) is 11.4. The van der Waals surface area contributed by atoms with Gasteiger partial charge in [-0.2, -0.15) is 0 Å². The van der Waals surface area contributed by atoms with Crippen molar-refractivity contribution in [2.75, 3.05) is 18.1 Å². The normalized spacial score (nSPS) is 16.0. The van der Waals surface area contributed by atoms with Gasteiger partial charge in [-0.15, -0.1) is 0 Å². The fraction of sp³-hybridized carbons (Fsp3) is 0.500. The fourth-order valence-corrected chi connectivity index (χ4v) is 4.48. The minimum atomic E-state index is -0.199. The Kier molecular flexibility index (Phi) is 7.78. The van der Waals surface area contributed by atoms with Crippen molar-refractivity contribution in [3.8, 4) is 5.75 Å². The van der Waals surface area contributed by atoms with Gasteiger partial charge in [0.2, 0.25) is 0 Å². The molecule has 1 fully saturated rings. The van der Waals surface area contributed by atoms with E-state index in [9.17, 15) is 4.79 Å². The molecule has 1 saturated heterocycles. The summed E-state index contributed by atoms with van der Waals surface area (Å²) in [5.74, 6) is 0.885. The van der Waals surface area contributed by atoms with Crippen LogP contribution in [0.2, 0.25) is 0 Å². The molecule has 0 spiro atoms. The lowest BCUT2D eigenvalue weighted by atomic mass is 9.95. The number of aryl methyl sites for hydroxylation is 2. The summed E-state index contributed by atoms with van der Waals surface area (Å²) < 4.78 is 11.8. The van der Waals surface area contributed by atoms with Crippen molar-refractivity contribution in [3.63, 3.8) is 0 Å². The molecule has 2 aromatic rings. The van der Waals surface area contributed by atoms with Gasteiger partial charge in [-0.1, -0.05) is 57.2 Å². The van der Waals surface area contributed by atoms with Crippen molar-refractivity contribution < 1.29 is 14.3 Å². The number of hydrogen-bond donors (Lipinski definition) is 0.